The molecule has 0 spiro atoms. The number of nitrogens with zero attached hydrogens (tertiary/aromatic N) is 3. The average molecular weight is 376 g/mol. The largest absolute Gasteiger partial charge is 0.477 e. The van der Waals surface area contributed by atoms with Gasteiger partial charge in [0, 0.05) is 24.5 Å². The molecule has 0 saturated heterocycles. The van der Waals surface area contributed by atoms with Gasteiger partial charge in [-0.3, -0.25) is 9.78 Å². The van der Waals surface area contributed by atoms with Crippen molar-refractivity contribution in [3.63, 3.8) is 0 Å². The highest BCUT2D eigenvalue weighted by Crippen LogP contribution is 2.30. The Morgan fingerprint density at radius 3 is 2.65 bits per heavy atom. The zero-order valence-electron chi connectivity index (χ0n) is 13.8. The van der Waals surface area contributed by atoms with Crippen LogP contribution in [0.3, 0.4) is 0 Å². The number of aromatic carboxylic acids is 1. The van der Waals surface area contributed by atoms with Crippen molar-refractivity contribution in [3.8, 4) is 5.69 Å². The van der Waals surface area contributed by atoms with E-state index in [-0.39, 0.29) is 22.9 Å². The van der Waals surface area contributed by atoms with Crippen molar-refractivity contribution in [2.75, 3.05) is 12.4 Å². The first-order chi connectivity index (χ1) is 12.3. The van der Waals surface area contributed by atoms with E-state index in [2.05, 4.69) is 22.0 Å². The summed E-state index contributed by atoms with van der Waals surface area (Å²) in [4.78, 5) is 43.3. The van der Waals surface area contributed by atoms with Gasteiger partial charge in [-0.25, -0.2) is 19.1 Å². The zero-order chi connectivity index (χ0) is 19.2. The molecule has 0 aliphatic carbocycles. The second-order valence-corrected chi connectivity index (χ2v) is 5.86. The number of aliphatic imine (C=N–C) groups is 1. The summed E-state index contributed by atoms with van der Waals surface area (Å²) in [5.74, 6) is -1.33. The molecule has 0 amide bonds. The van der Waals surface area contributed by atoms with Crippen LogP contribution in [0.1, 0.15) is 10.5 Å². The predicted octanol–water partition coefficient (Wildman–Crippen LogP) is 1.74. The number of rotatable bonds is 4. The first-order valence-electron chi connectivity index (χ1n) is 7.37. The third-order valence-electron chi connectivity index (χ3n) is 4.05. The lowest BCUT2D eigenvalue weighted by molar-refractivity contribution is 0.0687. The second-order valence-electron chi connectivity index (χ2n) is 5.43. The number of aromatic amines is 1. The van der Waals surface area contributed by atoms with E-state index < -0.39 is 17.2 Å². The van der Waals surface area contributed by atoms with Crippen molar-refractivity contribution >= 4 is 46.7 Å². The number of H-pyrrole nitrogens is 1. The van der Waals surface area contributed by atoms with Crippen LogP contribution in [0, 0.1) is 0 Å². The Kier molecular flexibility index (Phi) is 4.17. The van der Waals surface area contributed by atoms with E-state index in [0.717, 1.165) is 4.57 Å². The van der Waals surface area contributed by atoms with Crippen LogP contribution in [-0.2, 0) is 7.05 Å². The number of hydrogen-bond donors (Lipinski definition) is 3. The molecule has 0 aliphatic rings. The maximum Gasteiger partial charge on any atom is 0.354 e. The number of carbonyl (C=O) groups is 1. The summed E-state index contributed by atoms with van der Waals surface area (Å²) in [5.41, 5.74) is -1.41. The summed E-state index contributed by atoms with van der Waals surface area (Å²) in [6.45, 7) is 3.31. The average Bonchev–Trinajstić information content (AvgIpc) is 2.86. The SMILES string of the molecule is C=Nc1[nH]c(=O)n(-c2c(C(=O)O)n(C)c3ccc(Cl)cc23)c(=O)c1NC. The normalized spacial score (nSPS) is 10.9. The molecular formula is C16H14ClN5O4. The first kappa shape index (κ1) is 17.5. The van der Waals surface area contributed by atoms with Gasteiger partial charge in [0.25, 0.3) is 5.56 Å². The number of nitrogens with one attached hydrogen (secondary N) is 2. The number of aromatic nitrogens is 3. The lowest BCUT2D eigenvalue weighted by Gasteiger charge is -2.10. The predicted molar refractivity (Wildman–Crippen MR) is 99.9 cm³/mol. The summed E-state index contributed by atoms with van der Waals surface area (Å²) in [6, 6.07) is 4.71. The van der Waals surface area contributed by atoms with Gasteiger partial charge >= 0.3 is 11.7 Å². The molecule has 0 unspecified atom stereocenters. The van der Waals surface area contributed by atoms with Crippen molar-refractivity contribution in [2.45, 2.75) is 0 Å². The Labute approximate surface area is 151 Å². The number of halogens is 1. The van der Waals surface area contributed by atoms with Crippen LogP contribution < -0.4 is 16.6 Å². The van der Waals surface area contributed by atoms with Crippen LogP contribution in [0.15, 0.2) is 32.8 Å². The molecule has 1 aromatic carbocycles. The van der Waals surface area contributed by atoms with Crippen LogP contribution in [0.4, 0.5) is 11.5 Å². The Bertz CT molecular complexity index is 1190. The molecule has 3 aromatic rings. The lowest BCUT2D eigenvalue weighted by Crippen LogP contribution is -2.35. The smallest absolute Gasteiger partial charge is 0.354 e. The number of hydrogen-bond acceptors (Lipinski definition) is 5. The van der Waals surface area contributed by atoms with E-state index >= 15 is 0 Å². The van der Waals surface area contributed by atoms with Gasteiger partial charge in [0.15, 0.2) is 11.5 Å². The van der Waals surface area contributed by atoms with Gasteiger partial charge in [0.1, 0.15) is 5.69 Å². The fraction of sp³-hybridized carbons (Fsp3) is 0.125. The molecule has 2 heterocycles. The maximum atomic E-state index is 12.9. The summed E-state index contributed by atoms with van der Waals surface area (Å²) < 4.78 is 2.14. The van der Waals surface area contributed by atoms with Crippen molar-refractivity contribution < 1.29 is 9.90 Å². The summed E-state index contributed by atoms with van der Waals surface area (Å²) in [7, 11) is 3.01. The van der Waals surface area contributed by atoms with Gasteiger partial charge in [0.2, 0.25) is 0 Å². The fourth-order valence-corrected chi connectivity index (χ4v) is 3.11. The third kappa shape index (κ3) is 2.40. The summed E-state index contributed by atoms with van der Waals surface area (Å²) in [5, 5.41) is 13.0. The molecule has 0 bridgehead atoms. The van der Waals surface area contributed by atoms with Crippen LogP contribution in [0.2, 0.25) is 5.02 Å². The second kappa shape index (κ2) is 6.19. The Morgan fingerprint density at radius 2 is 2.08 bits per heavy atom. The number of fused-ring (bicyclic) bond motifs is 1. The number of benzene rings is 1. The van der Waals surface area contributed by atoms with Crippen molar-refractivity contribution in [2.24, 2.45) is 12.0 Å². The highest BCUT2D eigenvalue weighted by Gasteiger charge is 2.26. The molecular weight excluding hydrogens is 362 g/mol. The van der Waals surface area contributed by atoms with Gasteiger partial charge in [-0.1, -0.05) is 11.6 Å². The van der Waals surface area contributed by atoms with Gasteiger partial charge in [-0.15, -0.1) is 0 Å². The minimum absolute atomic E-state index is 0.0185. The molecule has 0 aliphatic heterocycles. The topological polar surface area (TPSA) is 121 Å². The molecule has 0 fully saturated rings. The summed E-state index contributed by atoms with van der Waals surface area (Å²) >= 11 is 6.04. The highest BCUT2D eigenvalue weighted by molar-refractivity contribution is 6.31. The van der Waals surface area contributed by atoms with E-state index in [0.29, 0.717) is 15.9 Å². The van der Waals surface area contributed by atoms with E-state index in [1.807, 2.05) is 0 Å². The Morgan fingerprint density at radius 1 is 1.38 bits per heavy atom. The molecule has 26 heavy (non-hydrogen) atoms. The summed E-state index contributed by atoms with van der Waals surface area (Å²) in [6.07, 6.45) is 0. The standard InChI is InChI=1S/C16H14ClN5O4/c1-18-10-13(19-2)20-16(26)22(14(10)23)11-8-6-7(17)4-5-9(8)21(3)12(11)15(24)25/h4-6,18H,2H2,1,3H3,(H,20,26)(H,24,25). The minimum atomic E-state index is -1.29. The number of aryl methyl sites for hydroxylation is 1. The molecule has 134 valence electrons. The van der Waals surface area contributed by atoms with Crippen LogP contribution in [0.5, 0.6) is 0 Å². The Hall–Kier alpha value is -3.33. The maximum absolute atomic E-state index is 12.9. The minimum Gasteiger partial charge on any atom is -0.477 e. The van der Waals surface area contributed by atoms with Gasteiger partial charge in [0.05, 0.1) is 11.2 Å². The molecule has 0 atom stereocenters. The monoisotopic (exact) mass is 375 g/mol. The molecule has 0 radical (unpaired) electrons. The van der Waals surface area contributed by atoms with Crippen molar-refractivity contribution in [1.82, 2.24) is 14.1 Å². The van der Waals surface area contributed by atoms with Crippen molar-refractivity contribution in [3.05, 3.63) is 49.8 Å². The zero-order valence-corrected chi connectivity index (χ0v) is 14.6. The fourth-order valence-electron chi connectivity index (χ4n) is 2.94. The molecule has 10 heteroatoms. The third-order valence-corrected chi connectivity index (χ3v) is 4.29. The van der Waals surface area contributed by atoms with Crippen LogP contribution >= 0.6 is 11.6 Å². The molecule has 2 aromatic heterocycles. The number of anilines is 1. The molecule has 9 nitrogen and oxygen atoms in total. The van der Waals surface area contributed by atoms with Gasteiger partial charge < -0.3 is 15.0 Å². The highest BCUT2D eigenvalue weighted by atomic mass is 35.5. The number of carboxylic acids is 1. The Balaban J connectivity index is 2.59. The van der Waals surface area contributed by atoms with Crippen LogP contribution in [-0.4, -0.2) is 39.0 Å². The van der Waals surface area contributed by atoms with Crippen LogP contribution in [0.25, 0.3) is 16.6 Å². The van der Waals surface area contributed by atoms with E-state index in [4.69, 9.17) is 11.6 Å². The number of carboxylic acid groups (broad SMARTS) is 1. The first-order valence-corrected chi connectivity index (χ1v) is 7.75. The van der Waals surface area contributed by atoms with Gasteiger partial charge in [-0.2, -0.15) is 0 Å². The molecule has 3 rings (SSSR count). The molecule has 3 N–H and O–H groups in total. The van der Waals surface area contributed by atoms with Crippen molar-refractivity contribution in [1.29, 1.82) is 0 Å². The lowest BCUT2D eigenvalue weighted by atomic mass is 10.2. The van der Waals surface area contributed by atoms with E-state index in [1.165, 1.54) is 24.7 Å². The van der Waals surface area contributed by atoms with Gasteiger partial charge in [-0.05, 0) is 24.9 Å². The molecule has 0 saturated carbocycles. The quantitative estimate of drug-likeness (QED) is 0.600. The van der Waals surface area contributed by atoms with E-state index in [9.17, 15) is 19.5 Å². The van der Waals surface area contributed by atoms with E-state index in [1.54, 1.807) is 12.1 Å².